The predicted molar refractivity (Wildman–Crippen MR) is 99.8 cm³/mol. The number of carbonyl (C=O) groups excluding carboxylic acids is 3. The number of nitrogens with zero attached hydrogens (tertiary/aromatic N) is 4. The van der Waals surface area contributed by atoms with Crippen LogP contribution in [0.25, 0.3) is 0 Å². The van der Waals surface area contributed by atoms with Gasteiger partial charge >= 0.3 is 6.18 Å². The number of alkyl halides is 3. The minimum Gasteiger partial charge on any atom is -0.477 e. The van der Waals surface area contributed by atoms with Crippen LogP contribution >= 0.6 is 0 Å². The molecule has 4 rings (SSSR count). The topological polar surface area (TPSA) is 126 Å². The molecule has 10 nitrogen and oxygen atoms in total. The summed E-state index contributed by atoms with van der Waals surface area (Å²) in [6.07, 6.45) is -1.85. The number of likely N-dealkylation sites (tertiary alicyclic amines) is 1. The van der Waals surface area contributed by atoms with E-state index in [1.54, 1.807) is 4.90 Å². The quantitative estimate of drug-likeness (QED) is 0.469. The first-order chi connectivity index (χ1) is 15.3. The number of fused-ring (bicyclic) bond motifs is 1. The second kappa shape index (κ2) is 8.40. The van der Waals surface area contributed by atoms with Crippen molar-refractivity contribution >= 4 is 18.2 Å². The van der Waals surface area contributed by atoms with E-state index in [-0.39, 0.29) is 53.9 Å². The Morgan fingerprint density at radius 1 is 1.16 bits per heavy atom. The van der Waals surface area contributed by atoms with E-state index in [1.807, 2.05) is 5.43 Å². The Balaban J connectivity index is 1.30. The van der Waals surface area contributed by atoms with E-state index in [4.69, 9.17) is 4.74 Å². The number of hydrogen-bond acceptors (Lipinski definition) is 7. The molecule has 32 heavy (non-hydrogen) atoms. The van der Waals surface area contributed by atoms with Crippen LogP contribution in [0.4, 0.5) is 13.2 Å². The Morgan fingerprint density at radius 3 is 2.56 bits per heavy atom. The summed E-state index contributed by atoms with van der Waals surface area (Å²) in [4.78, 5) is 47.7. The number of piperidine rings is 1. The summed E-state index contributed by atoms with van der Waals surface area (Å²) in [7, 11) is 0. The highest BCUT2D eigenvalue weighted by atomic mass is 19.4. The molecule has 1 saturated heterocycles. The highest BCUT2D eigenvalue weighted by Crippen LogP contribution is 2.51. The number of hydrazine groups is 1. The van der Waals surface area contributed by atoms with Gasteiger partial charge in [-0.05, 0) is 17.9 Å². The Morgan fingerprint density at radius 2 is 1.88 bits per heavy atom. The smallest absolute Gasteiger partial charge is 0.433 e. The number of nitrogens with one attached hydrogen (secondary N) is 2. The molecule has 1 saturated carbocycles. The zero-order chi connectivity index (χ0) is 22.9. The lowest BCUT2D eigenvalue weighted by molar-refractivity contribution is -0.141. The van der Waals surface area contributed by atoms with Crippen LogP contribution in [0.15, 0.2) is 30.6 Å². The number of amides is 3. The maximum atomic E-state index is 12.7. The first-order valence-electron chi connectivity index (χ1n) is 9.56. The summed E-state index contributed by atoms with van der Waals surface area (Å²) in [5.41, 5.74) is 2.91. The number of rotatable bonds is 7. The molecule has 3 amide bonds. The third-order valence-electron chi connectivity index (χ3n) is 5.43. The van der Waals surface area contributed by atoms with Gasteiger partial charge in [0, 0.05) is 25.1 Å². The molecule has 2 fully saturated rings. The van der Waals surface area contributed by atoms with E-state index in [2.05, 4.69) is 20.4 Å². The fraction of sp³-hybridized carbons (Fsp3) is 0.368. The maximum Gasteiger partial charge on any atom is 0.433 e. The Labute approximate surface area is 179 Å². The lowest BCUT2D eigenvalue weighted by Crippen LogP contribution is -2.37. The van der Waals surface area contributed by atoms with Crippen molar-refractivity contribution in [3.63, 3.8) is 0 Å². The average Bonchev–Trinajstić information content (AvgIpc) is 3.23. The molecule has 1 aliphatic heterocycles. The van der Waals surface area contributed by atoms with Crippen molar-refractivity contribution < 1.29 is 32.3 Å². The van der Waals surface area contributed by atoms with Crippen molar-refractivity contribution in [2.75, 3.05) is 19.7 Å². The second-order valence-electron chi connectivity index (χ2n) is 7.38. The molecule has 0 bridgehead atoms. The summed E-state index contributed by atoms with van der Waals surface area (Å²) in [6.45, 7) is 1.10. The van der Waals surface area contributed by atoms with E-state index < -0.39 is 17.8 Å². The largest absolute Gasteiger partial charge is 0.477 e. The lowest BCUT2D eigenvalue weighted by Gasteiger charge is -2.19. The Hall–Kier alpha value is -3.77. The zero-order valence-electron chi connectivity index (χ0n) is 16.4. The SMILES string of the molecule is O=CNNC(=O)c1cncc(C(=O)N2C[C@@H]3[C@H](COc4cccc(C(F)(F)F)n4)[C@@H]3C2)n1. The second-order valence-corrected chi connectivity index (χ2v) is 7.38. The third kappa shape index (κ3) is 4.45. The summed E-state index contributed by atoms with van der Waals surface area (Å²) in [6, 6.07) is 3.49. The summed E-state index contributed by atoms with van der Waals surface area (Å²) < 4.78 is 43.7. The van der Waals surface area contributed by atoms with Crippen LogP contribution in [0.5, 0.6) is 5.88 Å². The van der Waals surface area contributed by atoms with E-state index in [9.17, 15) is 27.6 Å². The monoisotopic (exact) mass is 450 g/mol. The molecule has 0 unspecified atom stereocenters. The molecule has 168 valence electrons. The van der Waals surface area contributed by atoms with Crippen molar-refractivity contribution in [3.05, 3.63) is 47.7 Å². The zero-order valence-corrected chi connectivity index (χ0v) is 16.4. The van der Waals surface area contributed by atoms with Gasteiger partial charge in [0.1, 0.15) is 17.1 Å². The van der Waals surface area contributed by atoms with Gasteiger partial charge < -0.3 is 9.64 Å². The molecule has 0 aromatic carbocycles. The standard InChI is InChI=1S/C19H17F3N6O4/c20-19(21,22)15-2-1-3-16(26-15)32-8-12-10-6-28(7-11(10)12)18(31)14-5-23-4-13(25-14)17(30)27-24-9-29/h1-5,9-12H,6-8H2,(H,24,29)(H,27,30)/t10-,11+,12-. The van der Waals surface area contributed by atoms with E-state index in [0.29, 0.717) is 13.1 Å². The van der Waals surface area contributed by atoms with Gasteiger partial charge in [-0.1, -0.05) is 6.07 Å². The Kier molecular flexibility index (Phi) is 5.63. The molecule has 2 aliphatic rings. The molecule has 0 radical (unpaired) electrons. The van der Waals surface area contributed by atoms with Crippen LogP contribution in [0.2, 0.25) is 0 Å². The van der Waals surface area contributed by atoms with Crippen molar-refractivity contribution in [3.8, 4) is 5.88 Å². The predicted octanol–water partition coefficient (Wildman–Crippen LogP) is 0.678. The highest BCUT2D eigenvalue weighted by Gasteiger charge is 2.57. The van der Waals surface area contributed by atoms with Gasteiger partial charge in [-0.2, -0.15) is 13.2 Å². The van der Waals surface area contributed by atoms with Crippen LogP contribution in [-0.4, -0.2) is 57.8 Å². The van der Waals surface area contributed by atoms with Crippen LogP contribution in [0.3, 0.4) is 0 Å². The van der Waals surface area contributed by atoms with Crippen LogP contribution in [-0.2, 0) is 11.0 Å². The van der Waals surface area contributed by atoms with E-state index >= 15 is 0 Å². The fourth-order valence-electron chi connectivity index (χ4n) is 3.80. The van der Waals surface area contributed by atoms with Gasteiger partial charge in [0.25, 0.3) is 11.8 Å². The van der Waals surface area contributed by atoms with Crippen molar-refractivity contribution in [2.24, 2.45) is 17.8 Å². The average molecular weight is 450 g/mol. The molecule has 13 heteroatoms. The minimum atomic E-state index is -4.54. The lowest BCUT2D eigenvalue weighted by atomic mass is 10.2. The normalized spacial score (nSPS) is 21.5. The van der Waals surface area contributed by atoms with Crippen molar-refractivity contribution in [1.29, 1.82) is 0 Å². The van der Waals surface area contributed by atoms with Gasteiger partial charge in [0.2, 0.25) is 12.3 Å². The summed E-state index contributed by atoms with van der Waals surface area (Å²) in [5, 5.41) is 0. The van der Waals surface area contributed by atoms with Crippen LogP contribution in [0, 0.1) is 17.8 Å². The van der Waals surface area contributed by atoms with Gasteiger partial charge in [0.15, 0.2) is 0 Å². The molecule has 3 atom stereocenters. The third-order valence-corrected chi connectivity index (χ3v) is 5.43. The van der Waals surface area contributed by atoms with Crippen molar-refractivity contribution in [1.82, 2.24) is 30.7 Å². The van der Waals surface area contributed by atoms with Gasteiger partial charge in [0.05, 0.1) is 19.0 Å². The maximum absolute atomic E-state index is 12.7. The fourth-order valence-corrected chi connectivity index (χ4v) is 3.80. The number of hydrogen-bond donors (Lipinski definition) is 2. The van der Waals surface area contributed by atoms with E-state index in [1.165, 1.54) is 18.3 Å². The van der Waals surface area contributed by atoms with Gasteiger partial charge in [-0.15, -0.1) is 0 Å². The number of aromatic nitrogens is 3. The van der Waals surface area contributed by atoms with Crippen molar-refractivity contribution in [2.45, 2.75) is 6.18 Å². The molecule has 0 spiro atoms. The molecule has 3 heterocycles. The molecule has 2 aromatic rings. The minimum absolute atomic E-state index is 0.00832. The van der Waals surface area contributed by atoms with Crippen LogP contribution < -0.4 is 15.6 Å². The Bertz CT molecular complexity index is 1040. The molecular formula is C19H17F3N6O4. The number of carbonyl (C=O) groups is 3. The molecule has 1 aliphatic carbocycles. The number of ether oxygens (including phenoxy) is 1. The summed E-state index contributed by atoms with van der Waals surface area (Å²) >= 11 is 0. The molecule has 2 aromatic heterocycles. The van der Waals surface area contributed by atoms with Gasteiger partial charge in [-0.3, -0.25) is 30.2 Å². The van der Waals surface area contributed by atoms with E-state index in [0.717, 1.165) is 12.3 Å². The molecular weight excluding hydrogens is 433 g/mol. The molecule has 2 N–H and O–H groups in total. The van der Waals surface area contributed by atoms with Gasteiger partial charge in [-0.25, -0.2) is 9.97 Å². The first kappa shape index (κ1) is 21.5. The first-order valence-corrected chi connectivity index (χ1v) is 9.56. The van der Waals surface area contributed by atoms with Crippen LogP contribution in [0.1, 0.15) is 26.7 Å². The number of pyridine rings is 1. The number of halogens is 3. The highest BCUT2D eigenvalue weighted by molar-refractivity contribution is 5.96. The summed E-state index contributed by atoms with van der Waals surface area (Å²) in [5.74, 6) is -0.743.